The molecule has 5 rings (SSSR count). The molecule has 0 aliphatic rings. The molecule has 0 aliphatic heterocycles. The number of fused-ring (bicyclic) bond motifs is 2. The number of nitrogens with one attached hydrogen (secondary N) is 1. The number of rotatable bonds is 6. The van der Waals surface area contributed by atoms with Crippen LogP contribution in [0.3, 0.4) is 0 Å². The molecule has 1 aromatic heterocycles. The van der Waals surface area contributed by atoms with E-state index in [1.54, 1.807) is 35.2 Å². The zero-order valence-corrected chi connectivity index (χ0v) is 20.7. The van der Waals surface area contributed by atoms with Gasteiger partial charge in [-0.2, -0.15) is 0 Å². The van der Waals surface area contributed by atoms with Crippen molar-refractivity contribution in [3.05, 3.63) is 102 Å². The van der Waals surface area contributed by atoms with Gasteiger partial charge in [-0.15, -0.1) is 0 Å². The molecule has 180 valence electrons. The van der Waals surface area contributed by atoms with Crippen LogP contribution in [0.5, 0.6) is 0 Å². The zero-order chi connectivity index (χ0) is 25.2. The molecule has 0 bridgehead atoms. The molecule has 2 amide bonds. The molecule has 0 atom stereocenters. The van der Waals surface area contributed by atoms with E-state index in [4.69, 9.17) is 4.98 Å². The van der Waals surface area contributed by atoms with E-state index in [0.717, 1.165) is 33.3 Å². The maximum atomic E-state index is 13.1. The fourth-order valence-corrected chi connectivity index (χ4v) is 4.64. The second-order valence-corrected chi connectivity index (χ2v) is 8.71. The highest BCUT2D eigenvalue weighted by atomic mass is 16.2. The van der Waals surface area contributed by atoms with Crippen molar-refractivity contribution >= 4 is 39.3 Å². The number of benzene rings is 4. The summed E-state index contributed by atoms with van der Waals surface area (Å²) in [5.41, 5.74) is 4.50. The molecule has 36 heavy (non-hydrogen) atoms. The molecule has 0 saturated carbocycles. The van der Waals surface area contributed by atoms with Crippen LogP contribution in [-0.2, 0) is 0 Å². The Morgan fingerprint density at radius 1 is 0.861 bits per heavy atom. The van der Waals surface area contributed by atoms with E-state index in [-0.39, 0.29) is 11.8 Å². The van der Waals surface area contributed by atoms with Gasteiger partial charge in [-0.05, 0) is 74.7 Å². The highest BCUT2D eigenvalue weighted by Gasteiger charge is 2.16. The lowest BCUT2D eigenvalue weighted by Gasteiger charge is -2.18. The van der Waals surface area contributed by atoms with E-state index in [2.05, 4.69) is 34.1 Å². The summed E-state index contributed by atoms with van der Waals surface area (Å²) in [4.78, 5) is 32.2. The molecule has 1 N–H and O–H groups in total. The maximum absolute atomic E-state index is 13.1. The predicted molar refractivity (Wildman–Crippen MR) is 145 cm³/mol. The van der Waals surface area contributed by atoms with Gasteiger partial charge in [0.2, 0.25) is 0 Å². The lowest BCUT2D eigenvalue weighted by Crippen LogP contribution is -2.30. The highest BCUT2D eigenvalue weighted by molar-refractivity contribution is 6.06. The monoisotopic (exact) mass is 476 g/mol. The third-order valence-corrected chi connectivity index (χ3v) is 6.53. The van der Waals surface area contributed by atoms with Gasteiger partial charge >= 0.3 is 0 Å². The Labute approximate surface area is 210 Å². The molecule has 0 unspecified atom stereocenters. The molecule has 0 saturated heterocycles. The molecular formula is C30H28N4O2. The summed E-state index contributed by atoms with van der Waals surface area (Å²) in [5.74, 6) is 0.621. The van der Waals surface area contributed by atoms with Gasteiger partial charge in [-0.25, -0.2) is 4.98 Å². The molecule has 0 spiro atoms. The minimum absolute atomic E-state index is 0.0135. The average molecular weight is 477 g/mol. The molecule has 6 heteroatoms. The molecule has 0 aliphatic carbocycles. The van der Waals surface area contributed by atoms with Crippen LogP contribution in [0.2, 0.25) is 0 Å². The van der Waals surface area contributed by atoms with Gasteiger partial charge in [0, 0.05) is 35.3 Å². The molecule has 4 aromatic carbocycles. The number of anilines is 1. The standard InChI is InChI=1S/C30H28N4O2/c1-4-33(5-2)30(36)22-13-16-24(17-14-22)32-29(35)23-15-18-26-28(19-23)34(20(3)31-26)27-12-8-10-21-9-6-7-11-25(21)27/h6-19H,4-5H2,1-3H3,(H,32,35). The number of hydrogen-bond donors (Lipinski definition) is 1. The number of aryl methyl sites for hydroxylation is 1. The SMILES string of the molecule is CCN(CC)C(=O)c1ccc(NC(=O)c2ccc3nc(C)n(-c4cccc5ccccc45)c3c2)cc1. The number of nitrogens with zero attached hydrogens (tertiary/aromatic N) is 3. The summed E-state index contributed by atoms with van der Waals surface area (Å²) in [6.45, 7) is 7.21. The van der Waals surface area contributed by atoms with Gasteiger partial charge in [0.1, 0.15) is 5.82 Å². The maximum Gasteiger partial charge on any atom is 0.255 e. The molecular weight excluding hydrogens is 448 g/mol. The van der Waals surface area contributed by atoms with Crippen LogP contribution >= 0.6 is 0 Å². The van der Waals surface area contributed by atoms with Crippen LogP contribution < -0.4 is 5.32 Å². The van der Waals surface area contributed by atoms with Crippen LogP contribution in [0.25, 0.3) is 27.5 Å². The number of amides is 2. The Balaban J connectivity index is 1.45. The molecule has 5 aromatic rings. The number of imidazole rings is 1. The first-order valence-corrected chi connectivity index (χ1v) is 12.2. The first-order valence-electron chi connectivity index (χ1n) is 12.2. The van der Waals surface area contributed by atoms with Crippen LogP contribution in [0.15, 0.2) is 84.9 Å². The van der Waals surface area contributed by atoms with E-state index >= 15 is 0 Å². The zero-order valence-electron chi connectivity index (χ0n) is 20.7. The van der Waals surface area contributed by atoms with Gasteiger partial charge in [0.05, 0.1) is 16.7 Å². The van der Waals surface area contributed by atoms with Crippen LogP contribution in [0, 0.1) is 6.92 Å². The van der Waals surface area contributed by atoms with Crippen molar-refractivity contribution < 1.29 is 9.59 Å². The average Bonchev–Trinajstić information content (AvgIpc) is 3.24. The Morgan fingerprint density at radius 2 is 1.56 bits per heavy atom. The fraction of sp³-hybridized carbons (Fsp3) is 0.167. The van der Waals surface area contributed by atoms with Crippen LogP contribution in [-0.4, -0.2) is 39.4 Å². The Kier molecular flexibility index (Phi) is 6.25. The third kappa shape index (κ3) is 4.22. The normalized spacial score (nSPS) is 11.1. The van der Waals surface area contributed by atoms with Gasteiger partial charge < -0.3 is 10.2 Å². The van der Waals surface area contributed by atoms with Crippen LogP contribution in [0.4, 0.5) is 5.69 Å². The number of carbonyl (C=O) groups excluding carboxylic acids is 2. The Hall–Kier alpha value is -4.45. The Bertz CT molecular complexity index is 1580. The summed E-state index contributed by atoms with van der Waals surface area (Å²) >= 11 is 0. The first-order chi connectivity index (χ1) is 17.5. The second-order valence-electron chi connectivity index (χ2n) is 8.71. The van der Waals surface area contributed by atoms with Crippen molar-refractivity contribution in [1.82, 2.24) is 14.5 Å². The summed E-state index contributed by atoms with van der Waals surface area (Å²) in [5, 5.41) is 5.22. The number of hydrogen-bond acceptors (Lipinski definition) is 3. The van der Waals surface area contributed by atoms with Gasteiger partial charge in [-0.3, -0.25) is 14.2 Å². The summed E-state index contributed by atoms with van der Waals surface area (Å²) in [6, 6.07) is 27.0. The largest absolute Gasteiger partial charge is 0.339 e. The third-order valence-electron chi connectivity index (χ3n) is 6.53. The second kappa shape index (κ2) is 9.66. The lowest BCUT2D eigenvalue weighted by atomic mass is 10.1. The Morgan fingerprint density at radius 3 is 2.31 bits per heavy atom. The van der Waals surface area contributed by atoms with Crippen molar-refractivity contribution in [3.63, 3.8) is 0 Å². The molecule has 0 radical (unpaired) electrons. The van der Waals surface area contributed by atoms with Crippen molar-refractivity contribution in [2.45, 2.75) is 20.8 Å². The molecule has 1 heterocycles. The van der Waals surface area contributed by atoms with E-state index in [1.807, 2.05) is 51.1 Å². The number of carbonyl (C=O) groups is 2. The van der Waals surface area contributed by atoms with Crippen molar-refractivity contribution in [3.8, 4) is 5.69 Å². The first kappa shape index (κ1) is 23.3. The van der Waals surface area contributed by atoms with E-state index in [0.29, 0.717) is 29.9 Å². The predicted octanol–water partition coefficient (Wildman–Crippen LogP) is 6.22. The fourth-order valence-electron chi connectivity index (χ4n) is 4.64. The summed E-state index contributed by atoms with van der Waals surface area (Å²) < 4.78 is 2.10. The van der Waals surface area contributed by atoms with Crippen molar-refractivity contribution in [1.29, 1.82) is 0 Å². The quantitative estimate of drug-likeness (QED) is 0.316. The minimum atomic E-state index is -0.219. The smallest absolute Gasteiger partial charge is 0.255 e. The van der Waals surface area contributed by atoms with Gasteiger partial charge in [-0.1, -0.05) is 36.4 Å². The topological polar surface area (TPSA) is 67.2 Å². The van der Waals surface area contributed by atoms with Gasteiger partial charge in [0.15, 0.2) is 0 Å². The molecule has 0 fully saturated rings. The minimum Gasteiger partial charge on any atom is -0.339 e. The van der Waals surface area contributed by atoms with Crippen molar-refractivity contribution in [2.24, 2.45) is 0 Å². The van der Waals surface area contributed by atoms with E-state index in [9.17, 15) is 9.59 Å². The summed E-state index contributed by atoms with van der Waals surface area (Å²) in [6.07, 6.45) is 0. The number of aromatic nitrogens is 2. The van der Waals surface area contributed by atoms with Gasteiger partial charge in [0.25, 0.3) is 11.8 Å². The molecule has 6 nitrogen and oxygen atoms in total. The summed E-state index contributed by atoms with van der Waals surface area (Å²) in [7, 11) is 0. The highest BCUT2D eigenvalue weighted by Crippen LogP contribution is 2.28. The van der Waals surface area contributed by atoms with Crippen LogP contribution in [0.1, 0.15) is 40.4 Å². The van der Waals surface area contributed by atoms with E-state index in [1.165, 1.54) is 0 Å². The lowest BCUT2D eigenvalue weighted by molar-refractivity contribution is 0.0773. The van der Waals surface area contributed by atoms with Crippen molar-refractivity contribution in [2.75, 3.05) is 18.4 Å². The van der Waals surface area contributed by atoms with E-state index < -0.39 is 0 Å².